The second-order valence-corrected chi connectivity index (χ2v) is 3.94. The van der Waals surface area contributed by atoms with Crippen LogP contribution in [0.5, 0.6) is 0 Å². The molecule has 6 nitrogen and oxygen atoms in total. The lowest BCUT2D eigenvalue weighted by atomic mass is 10.1. The minimum Gasteiger partial charge on any atom is -0.315 e. The number of aromatic nitrogens is 2. The van der Waals surface area contributed by atoms with Gasteiger partial charge in [0, 0.05) is 6.54 Å². The topological polar surface area (TPSA) is 73.0 Å². The van der Waals surface area contributed by atoms with Gasteiger partial charge in [-0.3, -0.25) is 14.8 Å². The van der Waals surface area contributed by atoms with E-state index in [0.717, 1.165) is 19.5 Å². The fourth-order valence-corrected chi connectivity index (χ4v) is 1.26. The SMILES string of the molecule is CCC(C)CNCCn1cc([N+](=O)[O-])cn1. The molecule has 1 aromatic rings. The molecule has 6 heteroatoms. The fraction of sp³-hybridized carbons (Fsp3) is 0.700. The highest BCUT2D eigenvalue weighted by Gasteiger charge is 2.07. The Kier molecular flexibility index (Phi) is 4.91. The van der Waals surface area contributed by atoms with E-state index in [4.69, 9.17) is 0 Å². The number of nitro groups is 1. The van der Waals surface area contributed by atoms with Crippen LogP contribution in [0, 0.1) is 16.0 Å². The van der Waals surface area contributed by atoms with E-state index in [0.29, 0.717) is 12.5 Å². The van der Waals surface area contributed by atoms with E-state index in [1.54, 1.807) is 4.68 Å². The third-order valence-electron chi connectivity index (χ3n) is 2.54. The Morgan fingerprint density at radius 1 is 1.69 bits per heavy atom. The summed E-state index contributed by atoms with van der Waals surface area (Å²) < 4.78 is 1.59. The average Bonchev–Trinajstić information content (AvgIpc) is 2.72. The molecule has 0 amide bonds. The summed E-state index contributed by atoms with van der Waals surface area (Å²) in [7, 11) is 0. The summed E-state index contributed by atoms with van der Waals surface area (Å²) in [6.07, 6.45) is 3.87. The van der Waals surface area contributed by atoms with Gasteiger partial charge in [0.25, 0.3) is 0 Å². The normalized spacial score (nSPS) is 12.6. The summed E-state index contributed by atoms with van der Waals surface area (Å²) >= 11 is 0. The van der Waals surface area contributed by atoms with Crippen molar-refractivity contribution in [2.75, 3.05) is 13.1 Å². The van der Waals surface area contributed by atoms with Crippen molar-refractivity contribution in [3.63, 3.8) is 0 Å². The highest BCUT2D eigenvalue weighted by Crippen LogP contribution is 2.07. The molecule has 0 spiro atoms. The van der Waals surface area contributed by atoms with Crippen molar-refractivity contribution >= 4 is 5.69 Å². The van der Waals surface area contributed by atoms with Crippen molar-refractivity contribution in [3.8, 4) is 0 Å². The maximum atomic E-state index is 10.4. The summed E-state index contributed by atoms with van der Waals surface area (Å²) in [5.74, 6) is 0.659. The zero-order valence-electron chi connectivity index (χ0n) is 9.72. The molecule has 0 saturated carbocycles. The van der Waals surface area contributed by atoms with Crippen LogP contribution in [0.15, 0.2) is 12.4 Å². The molecule has 1 rings (SSSR count). The average molecular weight is 226 g/mol. The minimum absolute atomic E-state index is 0.0435. The number of nitrogens with one attached hydrogen (secondary N) is 1. The first-order valence-corrected chi connectivity index (χ1v) is 5.51. The van der Waals surface area contributed by atoms with Gasteiger partial charge in [-0.1, -0.05) is 20.3 Å². The smallest absolute Gasteiger partial charge is 0.306 e. The van der Waals surface area contributed by atoms with Crippen molar-refractivity contribution in [3.05, 3.63) is 22.5 Å². The molecule has 0 aliphatic carbocycles. The molecular weight excluding hydrogens is 208 g/mol. The molecule has 0 aliphatic rings. The number of nitrogens with zero attached hydrogens (tertiary/aromatic N) is 3. The lowest BCUT2D eigenvalue weighted by Crippen LogP contribution is -2.25. The van der Waals surface area contributed by atoms with Gasteiger partial charge in [-0.05, 0) is 12.5 Å². The Bertz CT molecular complexity index is 337. The van der Waals surface area contributed by atoms with Crippen LogP contribution in [0.1, 0.15) is 20.3 Å². The summed E-state index contributed by atoms with van der Waals surface area (Å²) in [4.78, 5) is 9.97. The van der Waals surface area contributed by atoms with Crippen LogP contribution in [-0.4, -0.2) is 27.8 Å². The molecule has 1 atom stereocenters. The van der Waals surface area contributed by atoms with Gasteiger partial charge in [0.1, 0.15) is 12.4 Å². The molecule has 0 fully saturated rings. The van der Waals surface area contributed by atoms with E-state index in [-0.39, 0.29) is 5.69 Å². The van der Waals surface area contributed by atoms with Gasteiger partial charge in [-0.25, -0.2) is 0 Å². The first kappa shape index (κ1) is 12.6. The van der Waals surface area contributed by atoms with Gasteiger partial charge in [0.15, 0.2) is 0 Å². The van der Waals surface area contributed by atoms with E-state index >= 15 is 0 Å². The van der Waals surface area contributed by atoms with Gasteiger partial charge >= 0.3 is 5.69 Å². The van der Waals surface area contributed by atoms with Crippen LogP contribution >= 0.6 is 0 Å². The molecule has 1 heterocycles. The zero-order valence-corrected chi connectivity index (χ0v) is 9.72. The van der Waals surface area contributed by atoms with Gasteiger partial charge < -0.3 is 5.32 Å². The lowest BCUT2D eigenvalue weighted by Gasteiger charge is -2.09. The summed E-state index contributed by atoms with van der Waals surface area (Å²) in [6, 6.07) is 0. The molecular formula is C10H18N4O2. The van der Waals surface area contributed by atoms with Gasteiger partial charge in [-0.2, -0.15) is 5.10 Å². The second kappa shape index (κ2) is 6.22. The Balaban J connectivity index is 2.24. The van der Waals surface area contributed by atoms with Crippen LogP contribution in [0.4, 0.5) is 5.69 Å². The quantitative estimate of drug-likeness (QED) is 0.433. The van der Waals surface area contributed by atoms with Crippen molar-refractivity contribution in [1.29, 1.82) is 0 Å². The first-order chi connectivity index (χ1) is 7.63. The minimum atomic E-state index is -0.434. The molecule has 0 radical (unpaired) electrons. The van der Waals surface area contributed by atoms with Gasteiger partial charge in [-0.15, -0.1) is 0 Å². The largest absolute Gasteiger partial charge is 0.315 e. The Hall–Kier alpha value is -1.43. The van der Waals surface area contributed by atoms with Crippen molar-refractivity contribution < 1.29 is 4.92 Å². The summed E-state index contributed by atoms with van der Waals surface area (Å²) in [6.45, 7) is 6.75. The van der Waals surface area contributed by atoms with E-state index < -0.39 is 4.92 Å². The van der Waals surface area contributed by atoms with E-state index in [1.165, 1.54) is 12.4 Å². The second-order valence-electron chi connectivity index (χ2n) is 3.94. The third kappa shape index (κ3) is 3.98. The van der Waals surface area contributed by atoms with Crippen molar-refractivity contribution in [1.82, 2.24) is 15.1 Å². The Labute approximate surface area is 94.8 Å². The van der Waals surface area contributed by atoms with Crippen LogP contribution < -0.4 is 5.32 Å². The Morgan fingerprint density at radius 2 is 2.44 bits per heavy atom. The maximum absolute atomic E-state index is 10.4. The fourth-order valence-electron chi connectivity index (χ4n) is 1.26. The predicted molar refractivity (Wildman–Crippen MR) is 61.2 cm³/mol. The monoisotopic (exact) mass is 226 g/mol. The standard InChI is InChI=1S/C10H18N4O2/c1-3-9(2)6-11-4-5-13-8-10(7-12-13)14(15)16/h7-9,11H,3-6H2,1-2H3. The zero-order chi connectivity index (χ0) is 12.0. The highest BCUT2D eigenvalue weighted by atomic mass is 16.6. The maximum Gasteiger partial charge on any atom is 0.306 e. The van der Waals surface area contributed by atoms with E-state index in [1.807, 2.05) is 0 Å². The third-order valence-corrected chi connectivity index (χ3v) is 2.54. The molecule has 0 aliphatic heterocycles. The van der Waals surface area contributed by atoms with Gasteiger partial charge in [0.05, 0.1) is 11.5 Å². The molecule has 90 valence electrons. The predicted octanol–water partition coefficient (Wildman–Crippen LogP) is 1.43. The molecule has 0 saturated heterocycles. The molecule has 1 N–H and O–H groups in total. The van der Waals surface area contributed by atoms with Crippen molar-refractivity contribution in [2.45, 2.75) is 26.8 Å². The van der Waals surface area contributed by atoms with Gasteiger partial charge in [0.2, 0.25) is 0 Å². The number of rotatable bonds is 7. The summed E-state index contributed by atoms with van der Waals surface area (Å²) in [5, 5.41) is 17.6. The Morgan fingerprint density at radius 3 is 3.00 bits per heavy atom. The lowest BCUT2D eigenvalue weighted by molar-refractivity contribution is -0.385. The van der Waals surface area contributed by atoms with Crippen LogP contribution in [0.25, 0.3) is 0 Å². The van der Waals surface area contributed by atoms with Crippen molar-refractivity contribution in [2.24, 2.45) is 5.92 Å². The molecule has 1 aromatic heterocycles. The van der Waals surface area contributed by atoms with Crippen LogP contribution in [0.2, 0.25) is 0 Å². The van der Waals surface area contributed by atoms with E-state index in [9.17, 15) is 10.1 Å². The number of hydrogen-bond donors (Lipinski definition) is 1. The molecule has 16 heavy (non-hydrogen) atoms. The number of hydrogen-bond acceptors (Lipinski definition) is 4. The molecule has 0 bridgehead atoms. The summed E-state index contributed by atoms with van der Waals surface area (Å²) in [5.41, 5.74) is 0.0435. The van der Waals surface area contributed by atoms with E-state index in [2.05, 4.69) is 24.3 Å². The molecule has 0 aromatic carbocycles. The van der Waals surface area contributed by atoms with Crippen LogP contribution in [0.3, 0.4) is 0 Å². The van der Waals surface area contributed by atoms with Crippen LogP contribution in [-0.2, 0) is 6.54 Å². The first-order valence-electron chi connectivity index (χ1n) is 5.51. The highest BCUT2D eigenvalue weighted by molar-refractivity contribution is 5.20. The molecule has 1 unspecified atom stereocenters.